The van der Waals surface area contributed by atoms with Crippen LogP contribution in [0.3, 0.4) is 0 Å². The summed E-state index contributed by atoms with van der Waals surface area (Å²) in [5.74, 6) is 0. The number of aromatic nitrogens is 3. The Balaban J connectivity index is 0.00000192. The summed E-state index contributed by atoms with van der Waals surface area (Å²) in [5.41, 5.74) is 6.10. The van der Waals surface area contributed by atoms with Crippen LogP contribution in [0.1, 0.15) is 36.2 Å². The number of aryl methyl sites for hydroxylation is 3. The summed E-state index contributed by atoms with van der Waals surface area (Å²) in [6, 6.07) is 0. The molecule has 5 nitrogen and oxygen atoms in total. The smallest absolute Gasteiger partial charge is 0.160 e. The Bertz CT molecular complexity index is 677. The number of halogens is 1. The molecule has 1 aliphatic rings. The molecule has 128 valence electrons. The summed E-state index contributed by atoms with van der Waals surface area (Å²) in [5, 5.41) is 9.51. The minimum absolute atomic E-state index is 0. The van der Waals surface area contributed by atoms with Gasteiger partial charge in [-0.1, -0.05) is 0 Å². The number of fused-ring (bicyclic) bond motifs is 2. The molecule has 0 radical (unpaired) electrons. The topological polar surface area (TPSA) is 46.0 Å². The van der Waals surface area contributed by atoms with Gasteiger partial charge in [0.15, 0.2) is 5.65 Å². The fourth-order valence-electron chi connectivity index (χ4n) is 3.43. The van der Waals surface area contributed by atoms with Crippen molar-refractivity contribution in [1.82, 2.24) is 19.7 Å². The first-order valence-electron chi connectivity index (χ1n) is 8.31. The van der Waals surface area contributed by atoms with E-state index in [1.54, 1.807) is 0 Å². The molecule has 3 rings (SSSR count). The van der Waals surface area contributed by atoms with E-state index in [-0.39, 0.29) is 12.4 Å². The number of pyridine rings is 1. The average Bonchev–Trinajstić information content (AvgIpc) is 2.77. The second-order valence-electron chi connectivity index (χ2n) is 6.61. The van der Waals surface area contributed by atoms with Gasteiger partial charge in [0, 0.05) is 19.3 Å². The van der Waals surface area contributed by atoms with Gasteiger partial charge in [0.1, 0.15) is 0 Å². The number of anilines is 1. The molecule has 0 atom stereocenters. The average molecular weight is 338 g/mol. The van der Waals surface area contributed by atoms with Gasteiger partial charge < -0.3 is 10.2 Å². The molecule has 0 fully saturated rings. The van der Waals surface area contributed by atoms with Crippen LogP contribution in [0.15, 0.2) is 0 Å². The quantitative estimate of drug-likeness (QED) is 0.852. The Kier molecular flexibility index (Phi) is 5.87. The predicted octanol–water partition coefficient (Wildman–Crippen LogP) is 2.94. The van der Waals surface area contributed by atoms with Crippen LogP contribution in [0.5, 0.6) is 0 Å². The van der Waals surface area contributed by atoms with E-state index in [1.807, 2.05) is 11.7 Å². The van der Waals surface area contributed by atoms with E-state index in [4.69, 9.17) is 4.98 Å². The zero-order chi connectivity index (χ0) is 15.7. The number of nitrogens with one attached hydrogen (secondary N) is 1. The fourth-order valence-corrected chi connectivity index (χ4v) is 3.43. The zero-order valence-electron chi connectivity index (χ0n) is 14.6. The standard InChI is InChI=1S/C17H27N5.ClH/c1-12-15-16(18-10-7-11-21(2)3)13-8-5-6-9-14(13)19-17(15)22(4)20-12;/h5-11H2,1-4H3,(H,18,19);1H. The summed E-state index contributed by atoms with van der Waals surface area (Å²) in [7, 11) is 6.24. The van der Waals surface area contributed by atoms with E-state index in [0.717, 1.165) is 43.7 Å². The van der Waals surface area contributed by atoms with Crippen LogP contribution in [0.25, 0.3) is 11.0 Å². The summed E-state index contributed by atoms with van der Waals surface area (Å²) in [6.45, 7) is 4.19. The SMILES string of the molecule is Cc1nn(C)c2nc3c(c(NCCCN(C)C)c12)CCCC3.Cl. The van der Waals surface area contributed by atoms with Crippen molar-refractivity contribution in [3.8, 4) is 0 Å². The lowest BCUT2D eigenvalue weighted by molar-refractivity contribution is 0.405. The second kappa shape index (κ2) is 7.49. The Morgan fingerprint density at radius 3 is 2.70 bits per heavy atom. The van der Waals surface area contributed by atoms with Crippen molar-refractivity contribution in [2.75, 3.05) is 32.5 Å². The number of nitrogens with zero attached hydrogens (tertiary/aromatic N) is 4. The van der Waals surface area contributed by atoms with Gasteiger partial charge in [-0.2, -0.15) is 5.10 Å². The fraction of sp³-hybridized carbons (Fsp3) is 0.647. The monoisotopic (exact) mass is 337 g/mol. The Labute approximate surface area is 144 Å². The molecule has 0 unspecified atom stereocenters. The molecular weight excluding hydrogens is 310 g/mol. The molecule has 23 heavy (non-hydrogen) atoms. The maximum Gasteiger partial charge on any atom is 0.160 e. The molecule has 1 aliphatic carbocycles. The lowest BCUT2D eigenvalue weighted by atomic mass is 9.93. The molecule has 0 amide bonds. The number of hydrogen-bond donors (Lipinski definition) is 1. The Morgan fingerprint density at radius 1 is 1.22 bits per heavy atom. The van der Waals surface area contributed by atoms with E-state index < -0.39 is 0 Å². The Hall–Kier alpha value is -1.33. The van der Waals surface area contributed by atoms with Gasteiger partial charge in [0.25, 0.3) is 0 Å². The van der Waals surface area contributed by atoms with Crippen molar-refractivity contribution in [2.45, 2.75) is 39.0 Å². The second-order valence-corrected chi connectivity index (χ2v) is 6.61. The van der Waals surface area contributed by atoms with E-state index >= 15 is 0 Å². The van der Waals surface area contributed by atoms with Crippen LogP contribution in [0.2, 0.25) is 0 Å². The third-order valence-corrected chi connectivity index (χ3v) is 4.51. The summed E-state index contributed by atoms with van der Waals surface area (Å²) in [4.78, 5) is 7.14. The van der Waals surface area contributed by atoms with Crippen LogP contribution < -0.4 is 5.32 Å². The van der Waals surface area contributed by atoms with Crippen LogP contribution in [0, 0.1) is 6.92 Å². The Morgan fingerprint density at radius 2 is 1.96 bits per heavy atom. The molecule has 6 heteroatoms. The highest BCUT2D eigenvalue weighted by Gasteiger charge is 2.21. The number of rotatable bonds is 5. The molecular formula is C17H28ClN5. The summed E-state index contributed by atoms with van der Waals surface area (Å²) >= 11 is 0. The highest BCUT2D eigenvalue weighted by atomic mass is 35.5. The van der Waals surface area contributed by atoms with Crippen LogP contribution in [-0.2, 0) is 19.9 Å². The molecule has 0 aliphatic heterocycles. The summed E-state index contributed by atoms with van der Waals surface area (Å²) < 4.78 is 1.92. The van der Waals surface area contributed by atoms with Gasteiger partial charge in [0.2, 0.25) is 0 Å². The minimum atomic E-state index is 0. The van der Waals surface area contributed by atoms with Crippen molar-refractivity contribution >= 4 is 29.1 Å². The molecule has 0 spiro atoms. The molecule has 0 aromatic carbocycles. The van der Waals surface area contributed by atoms with Crippen molar-refractivity contribution in [3.63, 3.8) is 0 Å². The van der Waals surface area contributed by atoms with Crippen LogP contribution in [0.4, 0.5) is 5.69 Å². The van der Waals surface area contributed by atoms with Gasteiger partial charge in [0.05, 0.1) is 16.8 Å². The maximum absolute atomic E-state index is 4.91. The predicted molar refractivity (Wildman–Crippen MR) is 98.8 cm³/mol. The first kappa shape index (κ1) is 18.0. The normalized spacial score (nSPS) is 14.0. The summed E-state index contributed by atoms with van der Waals surface area (Å²) in [6.07, 6.45) is 5.91. The van der Waals surface area contributed by atoms with E-state index in [0.29, 0.717) is 0 Å². The van der Waals surface area contributed by atoms with Crippen LogP contribution in [-0.4, -0.2) is 46.8 Å². The van der Waals surface area contributed by atoms with E-state index in [9.17, 15) is 0 Å². The third-order valence-electron chi connectivity index (χ3n) is 4.51. The molecule has 2 heterocycles. The van der Waals surface area contributed by atoms with Gasteiger partial charge in [-0.25, -0.2) is 4.98 Å². The maximum atomic E-state index is 4.91. The highest BCUT2D eigenvalue weighted by molar-refractivity contribution is 5.94. The first-order valence-corrected chi connectivity index (χ1v) is 8.31. The van der Waals surface area contributed by atoms with Crippen molar-refractivity contribution in [3.05, 3.63) is 17.0 Å². The van der Waals surface area contributed by atoms with Gasteiger partial charge in [-0.15, -0.1) is 12.4 Å². The van der Waals surface area contributed by atoms with Gasteiger partial charge in [-0.3, -0.25) is 4.68 Å². The first-order chi connectivity index (χ1) is 10.6. The van der Waals surface area contributed by atoms with Gasteiger partial charge in [-0.05, 0) is 65.2 Å². The zero-order valence-corrected chi connectivity index (χ0v) is 15.5. The largest absolute Gasteiger partial charge is 0.384 e. The van der Waals surface area contributed by atoms with Crippen molar-refractivity contribution in [1.29, 1.82) is 0 Å². The minimum Gasteiger partial charge on any atom is -0.384 e. The van der Waals surface area contributed by atoms with Crippen molar-refractivity contribution in [2.24, 2.45) is 7.05 Å². The highest BCUT2D eigenvalue weighted by Crippen LogP contribution is 2.34. The lowest BCUT2D eigenvalue weighted by Crippen LogP contribution is -2.18. The van der Waals surface area contributed by atoms with E-state index in [2.05, 4.69) is 36.3 Å². The van der Waals surface area contributed by atoms with Crippen LogP contribution >= 0.6 is 12.4 Å². The lowest BCUT2D eigenvalue weighted by Gasteiger charge is -2.21. The molecule has 2 aromatic rings. The van der Waals surface area contributed by atoms with E-state index in [1.165, 1.54) is 35.2 Å². The molecule has 0 saturated heterocycles. The molecule has 0 bridgehead atoms. The molecule has 0 saturated carbocycles. The molecule has 2 aromatic heterocycles. The van der Waals surface area contributed by atoms with Crippen molar-refractivity contribution < 1.29 is 0 Å². The third kappa shape index (κ3) is 3.61. The molecule has 1 N–H and O–H groups in total. The van der Waals surface area contributed by atoms with Gasteiger partial charge >= 0.3 is 0 Å². The number of hydrogen-bond acceptors (Lipinski definition) is 4.